The van der Waals surface area contributed by atoms with Gasteiger partial charge in [-0.15, -0.1) is 5.10 Å². The lowest BCUT2D eigenvalue weighted by molar-refractivity contribution is -0.121. The Kier molecular flexibility index (Phi) is 4.69. The summed E-state index contributed by atoms with van der Waals surface area (Å²) >= 11 is 0. The van der Waals surface area contributed by atoms with E-state index in [9.17, 15) is 13.2 Å². The van der Waals surface area contributed by atoms with E-state index in [0.717, 1.165) is 11.8 Å². The number of hydrogen-bond acceptors (Lipinski definition) is 6. The van der Waals surface area contributed by atoms with Gasteiger partial charge in [0.1, 0.15) is 0 Å². The molecule has 1 aromatic heterocycles. The van der Waals surface area contributed by atoms with Crippen molar-refractivity contribution in [2.75, 3.05) is 6.26 Å². The summed E-state index contributed by atoms with van der Waals surface area (Å²) in [6.07, 6.45) is 1.94. The molecule has 1 N–H and O–H groups in total. The third-order valence-corrected chi connectivity index (χ3v) is 3.49. The van der Waals surface area contributed by atoms with E-state index in [-0.39, 0.29) is 18.3 Å². The van der Waals surface area contributed by atoms with Crippen molar-refractivity contribution < 1.29 is 17.6 Å². The monoisotopic (exact) mass is 309 g/mol. The zero-order valence-electron chi connectivity index (χ0n) is 11.4. The molecule has 0 saturated carbocycles. The number of sulfone groups is 1. The summed E-state index contributed by atoms with van der Waals surface area (Å²) in [6.45, 7) is 0.0101. The SMILES string of the molecule is CS(=O)(=O)c1nnc(CNC(=O)CCc2ccccc2)o1. The standard InChI is InChI=1S/C13H15N3O4S/c1-21(18,19)13-16-15-12(20-13)9-14-11(17)8-7-10-5-3-2-4-6-10/h2-6H,7-9H2,1H3,(H,14,17). The largest absolute Gasteiger partial charge is 0.411 e. The highest BCUT2D eigenvalue weighted by atomic mass is 32.2. The lowest BCUT2D eigenvalue weighted by atomic mass is 10.1. The van der Waals surface area contributed by atoms with Crippen molar-refractivity contribution in [3.05, 3.63) is 41.8 Å². The number of carbonyl (C=O) groups excluding carboxylic acids is 1. The summed E-state index contributed by atoms with van der Waals surface area (Å²) in [5, 5.41) is 9.12. The fraction of sp³-hybridized carbons (Fsp3) is 0.308. The summed E-state index contributed by atoms with van der Waals surface area (Å²) < 4.78 is 27.3. The molecule has 0 aliphatic heterocycles. The predicted molar refractivity (Wildman–Crippen MR) is 74.0 cm³/mol. The van der Waals surface area contributed by atoms with Gasteiger partial charge in [-0.1, -0.05) is 35.4 Å². The molecule has 0 radical (unpaired) electrons. The van der Waals surface area contributed by atoms with Gasteiger partial charge in [0.05, 0.1) is 6.54 Å². The molecule has 0 bridgehead atoms. The van der Waals surface area contributed by atoms with Crippen molar-refractivity contribution in [2.45, 2.75) is 24.6 Å². The van der Waals surface area contributed by atoms with Gasteiger partial charge in [0.25, 0.3) is 0 Å². The summed E-state index contributed by atoms with van der Waals surface area (Å²) in [4.78, 5) is 11.7. The van der Waals surface area contributed by atoms with E-state index >= 15 is 0 Å². The molecule has 1 amide bonds. The van der Waals surface area contributed by atoms with Crippen molar-refractivity contribution in [1.82, 2.24) is 15.5 Å². The number of aryl methyl sites for hydroxylation is 1. The summed E-state index contributed by atoms with van der Waals surface area (Å²) in [5.41, 5.74) is 1.07. The number of nitrogens with one attached hydrogen (secondary N) is 1. The number of carbonyl (C=O) groups is 1. The molecule has 8 heteroatoms. The van der Waals surface area contributed by atoms with Crippen molar-refractivity contribution >= 4 is 15.7 Å². The Bertz CT molecular complexity index is 710. The lowest BCUT2D eigenvalue weighted by Gasteiger charge is -2.02. The van der Waals surface area contributed by atoms with Crippen molar-refractivity contribution in [2.24, 2.45) is 0 Å². The van der Waals surface area contributed by atoms with Gasteiger partial charge < -0.3 is 9.73 Å². The van der Waals surface area contributed by atoms with Crippen LogP contribution in [0.5, 0.6) is 0 Å². The number of hydrogen-bond donors (Lipinski definition) is 1. The maximum atomic E-state index is 11.7. The second-order valence-electron chi connectivity index (χ2n) is 4.50. The summed E-state index contributed by atoms with van der Waals surface area (Å²) in [6, 6.07) is 9.64. The second-order valence-corrected chi connectivity index (χ2v) is 6.39. The van der Waals surface area contributed by atoms with Crippen LogP contribution in [0.2, 0.25) is 0 Å². The van der Waals surface area contributed by atoms with Gasteiger partial charge >= 0.3 is 5.22 Å². The third-order valence-electron chi connectivity index (χ3n) is 2.69. The Balaban J connectivity index is 1.80. The molecular formula is C13H15N3O4S. The highest BCUT2D eigenvalue weighted by molar-refractivity contribution is 7.90. The topological polar surface area (TPSA) is 102 Å². The minimum atomic E-state index is -3.52. The van der Waals surface area contributed by atoms with Crippen LogP contribution in [-0.2, 0) is 27.6 Å². The van der Waals surface area contributed by atoms with Crippen LogP contribution in [0.25, 0.3) is 0 Å². The van der Waals surface area contributed by atoms with Crippen LogP contribution in [0.1, 0.15) is 17.9 Å². The van der Waals surface area contributed by atoms with E-state index in [1.165, 1.54) is 0 Å². The van der Waals surface area contributed by atoms with Crippen LogP contribution in [0.15, 0.2) is 40.0 Å². The van der Waals surface area contributed by atoms with E-state index in [0.29, 0.717) is 12.8 Å². The van der Waals surface area contributed by atoms with Crippen LogP contribution >= 0.6 is 0 Å². The minimum absolute atomic E-state index is 0.0101. The van der Waals surface area contributed by atoms with E-state index in [2.05, 4.69) is 15.5 Å². The molecule has 1 aromatic carbocycles. The van der Waals surface area contributed by atoms with Crippen LogP contribution in [0.4, 0.5) is 0 Å². The normalized spacial score (nSPS) is 11.3. The number of rotatable bonds is 6. The first kappa shape index (κ1) is 15.2. The summed E-state index contributed by atoms with van der Waals surface area (Å²) in [5.74, 6) is -0.110. The summed E-state index contributed by atoms with van der Waals surface area (Å²) in [7, 11) is -3.52. The molecule has 1 heterocycles. The average Bonchev–Trinajstić information content (AvgIpc) is 2.93. The first-order valence-electron chi connectivity index (χ1n) is 6.28. The Morgan fingerprint density at radius 1 is 1.24 bits per heavy atom. The maximum absolute atomic E-state index is 11.7. The molecule has 0 saturated heterocycles. The average molecular weight is 309 g/mol. The zero-order valence-corrected chi connectivity index (χ0v) is 12.3. The third kappa shape index (κ3) is 4.67. The van der Waals surface area contributed by atoms with Gasteiger partial charge in [0.15, 0.2) is 0 Å². The molecule has 7 nitrogen and oxygen atoms in total. The van der Waals surface area contributed by atoms with Crippen LogP contribution in [0.3, 0.4) is 0 Å². The molecule has 0 aliphatic rings. The Morgan fingerprint density at radius 2 is 1.95 bits per heavy atom. The van der Waals surface area contributed by atoms with Crippen LogP contribution in [-0.4, -0.2) is 30.8 Å². The van der Waals surface area contributed by atoms with Gasteiger partial charge in [-0.2, -0.15) is 0 Å². The number of benzene rings is 1. The highest BCUT2D eigenvalue weighted by Gasteiger charge is 2.16. The van der Waals surface area contributed by atoms with E-state index in [1.807, 2.05) is 30.3 Å². The van der Waals surface area contributed by atoms with Gasteiger partial charge in [-0.3, -0.25) is 4.79 Å². The van der Waals surface area contributed by atoms with E-state index in [4.69, 9.17) is 4.42 Å². The number of nitrogens with zero attached hydrogens (tertiary/aromatic N) is 2. The Labute approximate surface area is 122 Å². The maximum Gasteiger partial charge on any atom is 0.335 e. The second kappa shape index (κ2) is 6.49. The fourth-order valence-electron chi connectivity index (χ4n) is 1.62. The molecule has 112 valence electrons. The molecule has 0 atom stereocenters. The molecule has 0 spiro atoms. The van der Waals surface area contributed by atoms with Gasteiger partial charge in [-0.25, -0.2) is 8.42 Å². The Hall–Kier alpha value is -2.22. The molecule has 0 unspecified atom stereocenters. The van der Waals surface area contributed by atoms with Gasteiger partial charge in [0, 0.05) is 12.7 Å². The zero-order chi connectivity index (χ0) is 15.3. The first-order valence-corrected chi connectivity index (χ1v) is 8.17. The van der Waals surface area contributed by atoms with Gasteiger partial charge in [0.2, 0.25) is 21.6 Å². The van der Waals surface area contributed by atoms with E-state index in [1.54, 1.807) is 0 Å². The molecule has 2 rings (SSSR count). The molecule has 21 heavy (non-hydrogen) atoms. The number of amides is 1. The lowest BCUT2D eigenvalue weighted by Crippen LogP contribution is -2.23. The van der Waals surface area contributed by atoms with Crippen molar-refractivity contribution in [3.8, 4) is 0 Å². The molecule has 0 aliphatic carbocycles. The fourth-order valence-corrected chi connectivity index (χ4v) is 2.06. The van der Waals surface area contributed by atoms with E-state index < -0.39 is 15.1 Å². The first-order chi connectivity index (χ1) is 9.95. The Morgan fingerprint density at radius 3 is 2.57 bits per heavy atom. The smallest absolute Gasteiger partial charge is 0.335 e. The van der Waals surface area contributed by atoms with Crippen molar-refractivity contribution in [3.63, 3.8) is 0 Å². The van der Waals surface area contributed by atoms with Crippen LogP contribution < -0.4 is 5.32 Å². The molecule has 0 fully saturated rings. The highest BCUT2D eigenvalue weighted by Crippen LogP contribution is 2.06. The van der Waals surface area contributed by atoms with Crippen LogP contribution in [0, 0.1) is 0 Å². The van der Waals surface area contributed by atoms with Gasteiger partial charge in [-0.05, 0) is 12.0 Å². The quantitative estimate of drug-likeness (QED) is 0.843. The molecule has 2 aromatic rings. The number of aromatic nitrogens is 2. The van der Waals surface area contributed by atoms with Crippen molar-refractivity contribution in [1.29, 1.82) is 0 Å². The minimum Gasteiger partial charge on any atom is -0.411 e. The molecular weight excluding hydrogens is 294 g/mol. The predicted octanol–water partition coefficient (Wildman–Crippen LogP) is 0.722.